The van der Waals surface area contributed by atoms with Crippen molar-refractivity contribution in [2.45, 2.75) is 20.3 Å². The average molecular weight is 277 g/mol. The molecule has 0 radical (unpaired) electrons. The van der Waals surface area contributed by atoms with E-state index in [4.69, 9.17) is 10.5 Å². The Hall–Kier alpha value is -1.42. The predicted octanol–water partition coefficient (Wildman–Crippen LogP) is 2.45. The summed E-state index contributed by atoms with van der Waals surface area (Å²) in [6.45, 7) is 9.45. The summed E-state index contributed by atoms with van der Waals surface area (Å²) in [6, 6.07) is 6.00. The first-order valence-electron chi connectivity index (χ1n) is 7.52. The summed E-state index contributed by atoms with van der Waals surface area (Å²) < 4.78 is 5.97. The van der Waals surface area contributed by atoms with Crippen molar-refractivity contribution in [1.82, 2.24) is 4.90 Å². The summed E-state index contributed by atoms with van der Waals surface area (Å²) in [5, 5.41) is 0. The van der Waals surface area contributed by atoms with Crippen LogP contribution in [0.5, 0.6) is 5.75 Å². The third kappa shape index (κ3) is 4.04. The van der Waals surface area contributed by atoms with E-state index >= 15 is 0 Å². The number of nitrogens with zero attached hydrogens (tertiary/aromatic N) is 2. The van der Waals surface area contributed by atoms with E-state index in [0.29, 0.717) is 5.92 Å². The molecule has 4 heteroatoms. The van der Waals surface area contributed by atoms with E-state index in [2.05, 4.69) is 36.8 Å². The fraction of sp³-hybridized carbons (Fsp3) is 0.625. The van der Waals surface area contributed by atoms with Gasteiger partial charge in [0.25, 0.3) is 0 Å². The molecule has 0 spiro atoms. The van der Waals surface area contributed by atoms with E-state index in [1.807, 2.05) is 12.1 Å². The molecule has 2 rings (SSSR count). The zero-order valence-electron chi connectivity index (χ0n) is 12.9. The minimum Gasteiger partial charge on any atom is -0.491 e. The molecule has 112 valence electrons. The Kier molecular flexibility index (Phi) is 5.12. The highest BCUT2D eigenvalue weighted by Gasteiger charge is 2.18. The van der Waals surface area contributed by atoms with Crippen molar-refractivity contribution < 1.29 is 4.74 Å². The second kappa shape index (κ2) is 6.84. The van der Waals surface area contributed by atoms with Crippen LogP contribution in [0.2, 0.25) is 0 Å². The van der Waals surface area contributed by atoms with Gasteiger partial charge in [-0.2, -0.15) is 0 Å². The lowest BCUT2D eigenvalue weighted by Crippen LogP contribution is -2.44. The van der Waals surface area contributed by atoms with E-state index in [1.165, 1.54) is 5.69 Å². The third-order valence-electron chi connectivity index (χ3n) is 3.78. The molecule has 1 fully saturated rings. The number of hydrogen-bond donors (Lipinski definition) is 1. The highest BCUT2D eigenvalue weighted by Crippen LogP contribution is 2.31. The number of ether oxygens (including phenoxy) is 1. The third-order valence-corrected chi connectivity index (χ3v) is 3.78. The highest BCUT2D eigenvalue weighted by molar-refractivity contribution is 5.64. The number of likely N-dealkylation sites (N-methyl/N-ethyl adjacent to an activating group) is 1. The Morgan fingerprint density at radius 1 is 1.20 bits per heavy atom. The molecule has 4 nitrogen and oxygen atoms in total. The molecule has 20 heavy (non-hydrogen) atoms. The van der Waals surface area contributed by atoms with Crippen LogP contribution in [0.4, 0.5) is 11.4 Å². The lowest BCUT2D eigenvalue weighted by atomic mass is 10.1. The first-order chi connectivity index (χ1) is 9.56. The van der Waals surface area contributed by atoms with Gasteiger partial charge in [0.15, 0.2) is 0 Å². The molecule has 1 aromatic rings. The minimum absolute atomic E-state index is 0.656. The number of nitrogen functional groups attached to an aromatic ring is 1. The van der Waals surface area contributed by atoms with Crippen LogP contribution in [0.3, 0.4) is 0 Å². The van der Waals surface area contributed by atoms with Crippen molar-refractivity contribution in [1.29, 1.82) is 0 Å². The van der Waals surface area contributed by atoms with Gasteiger partial charge in [-0.05, 0) is 31.5 Å². The number of benzene rings is 1. The van der Waals surface area contributed by atoms with Crippen LogP contribution in [0.25, 0.3) is 0 Å². The highest BCUT2D eigenvalue weighted by atomic mass is 16.5. The van der Waals surface area contributed by atoms with Gasteiger partial charge in [0, 0.05) is 37.9 Å². The molecule has 1 heterocycles. The SMILES string of the molecule is CC(C)CCOc1cc(N)ccc1N1CCN(C)CC1. The minimum atomic E-state index is 0.656. The summed E-state index contributed by atoms with van der Waals surface area (Å²) in [7, 11) is 2.17. The van der Waals surface area contributed by atoms with Crippen LogP contribution in [0.15, 0.2) is 18.2 Å². The second-order valence-electron chi connectivity index (χ2n) is 6.05. The Morgan fingerprint density at radius 2 is 1.90 bits per heavy atom. The number of hydrogen-bond acceptors (Lipinski definition) is 4. The van der Waals surface area contributed by atoms with Gasteiger partial charge in [-0.25, -0.2) is 0 Å². The molecule has 1 aliphatic heterocycles. The van der Waals surface area contributed by atoms with E-state index in [-0.39, 0.29) is 0 Å². The lowest BCUT2D eigenvalue weighted by Gasteiger charge is -2.35. The van der Waals surface area contributed by atoms with Gasteiger partial charge in [0.2, 0.25) is 0 Å². The maximum atomic E-state index is 5.97. The Labute approximate surface area is 122 Å². The molecule has 0 unspecified atom stereocenters. The molecule has 1 aromatic carbocycles. The van der Waals surface area contributed by atoms with Crippen LogP contribution in [-0.4, -0.2) is 44.7 Å². The van der Waals surface area contributed by atoms with Gasteiger partial charge in [0.1, 0.15) is 5.75 Å². The molecule has 0 amide bonds. The van der Waals surface area contributed by atoms with E-state index in [0.717, 1.165) is 50.6 Å². The fourth-order valence-electron chi connectivity index (χ4n) is 2.36. The Bertz CT molecular complexity index is 426. The summed E-state index contributed by atoms with van der Waals surface area (Å²) in [5.74, 6) is 1.58. The Morgan fingerprint density at radius 3 is 2.55 bits per heavy atom. The zero-order chi connectivity index (χ0) is 14.5. The van der Waals surface area contributed by atoms with Crippen molar-refractivity contribution in [2.75, 3.05) is 50.5 Å². The molecule has 0 bridgehead atoms. The van der Waals surface area contributed by atoms with E-state index in [9.17, 15) is 0 Å². The summed E-state index contributed by atoms with van der Waals surface area (Å²) in [5.41, 5.74) is 7.85. The van der Waals surface area contributed by atoms with Crippen molar-refractivity contribution >= 4 is 11.4 Å². The predicted molar refractivity (Wildman–Crippen MR) is 85.5 cm³/mol. The number of anilines is 2. The van der Waals surface area contributed by atoms with Gasteiger partial charge in [-0.3, -0.25) is 0 Å². The van der Waals surface area contributed by atoms with Crippen LogP contribution >= 0.6 is 0 Å². The number of nitrogens with two attached hydrogens (primary N) is 1. The maximum Gasteiger partial charge on any atom is 0.144 e. The van der Waals surface area contributed by atoms with E-state index < -0.39 is 0 Å². The van der Waals surface area contributed by atoms with Crippen LogP contribution in [-0.2, 0) is 0 Å². The molecular formula is C16H27N3O. The fourth-order valence-corrected chi connectivity index (χ4v) is 2.36. The summed E-state index contributed by atoms with van der Waals surface area (Å²) in [6.07, 6.45) is 1.07. The van der Waals surface area contributed by atoms with Crippen molar-refractivity contribution in [2.24, 2.45) is 5.92 Å². The van der Waals surface area contributed by atoms with Gasteiger partial charge in [-0.15, -0.1) is 0 Å². The molecule has 0 aliphatic carbocycles. The first-order valence-corrected chi connectivity index (χ1v) is 7.52. The van der Waals surface area contributed by atoms with Gasteiger partial charge in [0.05, 0.1) is 12.3 Å². The number of rotatable bonds is 5. The summed E-state index contributed by atoms with van der Waals surface area (Å²) >= 11 is 0. The Balaban J connectivity index is 2.07. The smallest absolute Gasteiger partial charge is 0.144 e. The second-order valence-corrected chi connectivity index (χ2v) is 6.05. The zero-order valence-corrected chi connectivity index (χ0v) is 12.9. The monoisotopic (exact) mass is 277 g/mol. The van der Waals surface area contributed by atoms with E-state index in [1.54, 1.807) is 0 Å². The molecule has 0 atom stereocenters. The van der Waals surface area contributed by atoms with Gasteiger partial charge in [-0.1, -0.05) is 13.8 Å². The van der Waals surface area contributed by atoms with Gasteiger partial charge < -0.3 is 20.3 Å². The normalized spacial score (nSPS) is 16.7. The molecule has 2 N–H and O–H groups in total. The summed E-state index contributed by atoms with van der Waals surface area (Å²) in [4.78, 5) is 4.75. The molecular weight excluding hydrogens is 250 g/mol. The molecule has 1 saturated heterocycles. The van der Waals surface area contributed by atoms with Crippen LogP contribution < -0.4 is 15.4 Å². The van der Waals surface area contributed by atoms with Crippen LogP contribution in [0.1, 0.15) is 20.3 Å². The first kappa shape index (κ1) is 15.0. The standard InChI is InChI=1S/C16H27N3O/c1-13(2)6-11-20-16-12-14(17)4-5-15(16)19-9-7-18(3)8-10-19/h4-5,12-13H,6-11,17H2,1-3H3. The van der Waals surface area contributed by atoms with Crippen LogP contribution in [0, 0.1) is 5.92 Å². The van der Waals surface area contributed by atoms with Crippen molar-refractivity contribution in [3.63, 3.8) is 0 Å². The molecule has 0 saturated carbocycles. The average Bonchev–Trinajstić information content (AvgIpc) is 2.40. The van der Waals surface area contributed by atoms with Gasteiger partial charge >= 0.3 is 0 Å². The number of piperazine rings is 1. The quantitative estimate of drug-likeness (QED) is 0.839. The largest absolute Gasteiger partial charge is 0.491 e. The van der Waals surface area contributed by atoms with Crippen molar-refractivity contribution in [3.05, 3.63) is 18.2 Å². The molecule has 0 aromatic heterocycles. The lowest BCUT2D eigenvalue weighted by molar-refractivity contribution is 0.285. The molecule has 1 aliphatic rings. The topological polar surface area (TPSA) is 41.7 Å². The maximum absolute atomic E-state index is 5.97. The van der Waals surface area contributed by atoms with Crippen molar-refractivity contribution in [3.8, 4) is 5.75 Å².